The molecule has 134 valence electrons. The van der Waals surface area contributed by atoms with Crippen LogP contribution in [0.25, 0.3) is 0 Å². The van der Waals surface area contributed by atoms with Crippen LogP contribution >= 0.6 is 11.6 Å². The van der Waals surface area contributed by atoms with Gasteiger partial charge in [0.2, 0.25) is 0 Å². The number of nitrogens with zero attached hydrogens (tertiary/aromatic N) is 1. The van der Waals surface area contributed by atoms with Crippen LogP contribution in [0.2, 0.25) is 5.22 Å². The Bertz CT molecular complexity index is 693. The Hall–Kier alpha value is -1.98. The van der Waals surface area contributed by atoms with Crippen molar-refractivity contribution in [3.8, 4) is 5.75 Å². The first-order chi connectivity index (χ1) is 12.2. The summed E-state index contributed by atoms with van der Waals surface area (Å²) in [4.78, 5) is 14.7. The lowest BCUT2D eigenvalue weighted by Gasteiger charge is -2.35. The van der Waals surface area contributed by atoms with E-state index in [1.54, 1.807) is 19.2 Å². The van der Waals surface area contributed by atoms with Gasteiger partial charge >= 0.3 is 0 Å². The molecule has 0 bridgehead atoms. The normalized spacial score (nSPS) is 16.4. The summed E-state index contributed by atoms with van der Waals surface area (Å²) in [7, 11) is 1.66. The monoisotopic (exact) mass is 362 g/mol. The summed E-state index contributed by atoms with van der Waals surface area (Å²) in [5.41, 5.74) is 1.17. The summed E-state index contributed by atoms with van der Waals surface area (Å²) < 4.78 is 10.4. The summed E-state index contributed by atoms with van der Waals surface area (Å²) >= 11 is 5.75. The van der Waals surface area contributed by atoms with Crippen molar-refractivity contribution >= 4 is 17.5 Å². The maximum atomic E-state index is 12.3. The van der Waals surface area contributed by atoms with Gasteiger partial charge < -0.3 is 14.5 Å². The molecule has 2 aromatic rings. The lowest BCUT2D eigenvalue weighted by Crippen LogP contribution is -2.40. The Morgan fingerprint density at radius 3 is 2.52 bits per heavy atom. The number of carbonyl (C=O) groups excluding carboxylic acids is 1. The zero-order valence-corrected chi connectivity index (χ0v) is 15.1. The molecule has 25 heavy (non-hydrogen) atoms. The van der Waals surface area contributed by atoms with E-state index >= 15 is 0 Å². The minimum atomic E-state index is -0.248. The minimum absolute atomic E-state index is 0.126. The maximum Gasteiger partial charge on any atom is 0.287 e. The Morgan fingerprint density at radius 1 is 1.20 bits per heavy atom. The Labute approximate surface area is 152 Å². The number of furan rings is 1. The average Bonchev–Trinajstić information content (AvgIpc) is 3.10. The van der Waals surface area contributed by atoms with Gasteiger partial charge in [-0.15, -0.1) is 0 Å². The summed E-state index contributed by atoms with van der Waals surface area (Å²) in [6, 6.07) is 11.3. The number of carbonyl (C=O) groups is 1. The van der Waals surface area contributed by atoms with E-state index in [0.29, 0.717) is 6.54 Å². The van der Waals surface area contributed by atoms with Crippen LogP contribution in [0.1, 0.15) is 41.4 Å². The van der Waals surface area contributed by atoms with Gasteiger partial charge in [-0.05, 0) is 67.4 Å². The van der Waals surface area contributed by atoms with Crippen LogP contribution in [-0.4, -0.2) is 37.6 Å². The van der Waals surface area contributed by atoms with Crippen molar-refractivity contribution in [2.24, 2.45) is 0 Å². The van der Waals surface area contributed by atoms with Gasteiger partial charge in [-0.2, -0.15) is 0 Å². The van der Waals surface area contributed by atoms with Crippen molar-refractivity contribution in [3.05, 3.63) is 52.9 Å². The molecule has 1 aromatic heterocycles. The number of methoxy groups -OCH3 is 1. The molecule has 3 rings (SSSR count). The van der Waals surface area contributed by atoms with Gasteiger partial charge in [0.05, 0.1) is 13.2 Å². The number of piperidine rings is 1. The SMILES string of the molecule is COc1ccc(C(CNC(=O)c2ccc(Cl)o2)N2CCCCC2)cc1. The Balaban J connectivity index is 1.72. The lowest BCUT2D eigenvalue weighted by molar-refractivity contribution is 0.0897. The topological polar surface area (TPSA) is 54.7 Å². The van der Waals surface area contributed by atoms with Crippen LogP contribution in [0.4, 0.5) is 0 Å². The highest BCUT2D eigenvalue weighted by molar-refractivity contribution is 6.29. The number of amides is 1. The van der Waals surface area contributed by atoms with Crippen LogP contribution in [0, 0.1) is 0 Å². The maximum absolute atomic E-state index is 12.3. The number of hydrogen-bond acceptors (Lipinski definition) is 4. The molecule has 2 heterocycles. The Morgan fingerprint density at radius 2 is 1.92 bits per heavy atom. The van der Waals surface area contributed by atoms with E-state index in [4.69, 9.17) is 20.8 Å². The van der Waals surface area contributed by atoms with Gasteiger partial charge in [0.15, 0.2) is 11.0 Å². The van der Waals surface area contributed by atoms with E-state index in [-0.39, 0.29) is 22.9 Å². The highest BCUT2D eigenvalue weighted by Gasteiger charge is 2.23. The second-order valence-corrected chi connectivity index (χ2v) is 6.57. The zero-order chi connectivity index (χ0) is 17.6. The summed E-state index contributed by atoms with van der Waals surface area (Å²) in [6.45, 7) is 2.60. The largest absolute Gasteiger partial charge is 0.497 e. The second-order valence-electron chi connectivity index (χ2n) is 6.20. The van der Waals surface area contributed by atoms with Gasteiger partial charge in [0, 0.05) is 6.54 Å². The molecule has 6 heteroatoms. The first-order valence-electron chi connectivity index (χ1n) is 8.59. The molecule has 0 aliphatic carbocycles. The van der Waals surface area contributed by atoms with Crippen molar-refractivity contribution < 1.29 is 13.9 Å². The number of rotatable bonds is 6. The second kappa shape index (κ2) is 8.41. The molecule has 5 nitrogen and oxygen atoms in total. The van der Waals surface area contributed by atoms with Crippen LogP contribution in [-0.2, 0) is 0 Å². The van der Waals surface area contributed by atoms with E-state index in [2.05, 4.69) is 22.3 Å². The molecule has 1 N–H and O–H groups in total. The van der Waals surface area contributed by atoms with Crippen molar-refractivity contribution in [1.82, 2.24) is 10.2 Å². The third kappa shape index (κ3) is 4.55. The zero-order valence-electron chi connectivity index (χ0n) is 14.3. The summed E-state index contributed by atoms with van der Waals surface area (Å²) in [5.74, 6) is 0.815. The van der Waals surface area contributed by atoms with E-state index in [9.17, 15) is 4.79 Å². The minimum Gasteiger partial charge on any atom is -0.497 e. The highest BCUT2D eigenvalue weighted by atomic mass is 35.5. The van der Waals surface area contributed by atoms with Crippen LogP contribution in [0.15, 0.2) is 40.8 Å². The van der Waals surface area contributed by atoms with Crippen LogP contribution < -0.4 is 10.1 Å². The number of halogens is 1. The standard InChI is InChI=1S/C19H23ClN2O3/c1-24-15-7-5-14(6-8-15)16(22-11-3-2-4-12-22)13-21-19(23)17-9-10-18(20)25-17/h5-10,16H,2-4,11-13H2,1H3,(H,21,23). The molecule has 1 aliphatic heterocycles. The lowest BCUT2D eigenvalue weighted by atomic mass is 10.0. The van der Waals surface area contributed by atoms with Crippen molar-refractivity contribution in [2.45, 2.75) is 25.3 Å². The average molecular weight is 363 g/mol. The van der Waals surface area contributed by atoms with Crippen LogP contribution in [0.3, 0.4) is 0 Å². The molecule has 1 unspecified atom stereocenters. The number of hydrogen-bond donors (Lipinski definition) is 1. The summed E-state index contributed by atoms with van der Waals surface area (Å²) in [5, 5.41) is 3.19. The molecule has 1 amide bonds. The molecule has 0 radical (unpaired) electrons. The quantitative estimate of drug-likeness (QED) is 0.846. The van der Waals surface area contributed by atoms with E-state index < -0.39 is 0 Å². The van der Waals surface area contributed by atoms with E-state index in [0.717, 1.165) is 18.8 Å². The first-order valence-corrected chi connectivity index (χ1v) is 8.96. The molecular formula is C19H23ClN2O3. The Kier molecular flexibility index (Phi) is 6.00. The highest BCUT2D eigenvalue weighted by Crippen LogP contribution is 2.26. The molecule has 0 saturated carbocycles. The van der Waals surface area contributed by atoms with Crippen molar-refractivity contribution in [1.29, 1.82) is 0 Å². The number of nitrogens with one attached hydrogen (secondary N) is 1. The predicted molar refractivity (Wildman–Crippen MR) is 97.2 cm³/mol. The van der Waals surface area contributed by atoms with Gasteiger partial charge in [-0.1, -0.05) is 18.6 Å². The molecule has 1 fully saturated rings. The molecule has 1 aromatic carbocycles. The van der Waals surface area contributed by atoms with Gasteiger partial charge in [-0.25, -0.2) is 0 Å². The van der Waals surface area contributed by atoms with Gasteiger partial charge in [-0.3, -0.25) is 9.69 Å². The summed E-state index contributed by atoms with van der Waals surface area (Å²) in [6.07, 6.45) is 3.64. The van der Waals surface area contributed by atoms with Crippen molar-refractivity contribution in [3.63, 3.8) is 0 Å². The molecular weight excluding hydrogens is 340 g/mol. The molecule has 1 atom stereocenters. The number of ether oxygens (including phenoxy) is 1. The van der Waals surface area contributed by atoms with Crippen molar-refractivity contribution in [2.75, 3.05) is 26.7 Å². The predicted octanol–water partition coefficient (Wildman–Crippen LogP) is 3.90. The third-order valence-electron chi connectivity index (χ3n) is 4.58. The fourth-order valence-electron chi connectivity index (χ4n) is 3.23. The molecule has 1 aliphatic rings. The number of likely N-dealkylation sites (tertiary alicyclic amines) is 1. The van der Waals surface area contributed by atoms with Gasteiger partial charge in [0.1, 0.15) is 5.75 Å². The fraction of sp³-hybridized carbons (Fsp3) is 0.421. The molecule has 1 saturated heterocycles. The van der Waals surface area contributed by atoms with Crippen LogP contribution in [0.5, 0.6) is 5.75 Å². The van der Waals surface area contributed by atoms with E-state index in [1.165, 1.54) is 24.8 Å². The number of benzene rings is 1. The third-order valence-corrected chi connectivity index (χ3v) is 4.79. The smallest absolute Gasteiger partial charge is 0.287 e. The van der Waals surface area contributed by atoms with E-state index in [1.807, 2.05) is 12.1 Å². The first kappa shape index (κ1) is 17.8. The fourth-order valence-corrected chi connectivity index (χ4v) is 3.37. The molecule has 0 spiro atoms. The van der Waals surface area contributed by atoms with Gasteiger partial charge in [0.25, 0.3) is 5.91 Å².